The van der Waals surface area contributed by atoms with Gasteiger partial charge >= 0.3 is 5.63 Å². The predicted octanol–water partition coefficient (Wildman–Crippen LogP) is 3.10. The topological polar surface area (TPSA) is 81.9 Å². The van der Waals surface area contributed by atoms with Crippen molar-refractivity contribution in [3.63, 3.8) is 0 Å². The van der Waals surface area contributed by atoms with Crippen molar-refractivity contribution in [3.8, 4) is 16.7 Å². The summed E-state index contributed by atoms with van der Waals surface area (Å²) in [5.74, 6) is 1.51. The van der Waals surface area contributed by atoms with E-state index >= 15 is 0 Å². The molecule has 0 spiro atoms. The monoisotopic (exact) mass is 384 g/mol. The van der Waals surface area contributed by atoms with Crippen molar-refractivity contribution in [2.75, 3.05) is 13.1 Å². The summed E-state index contributed by atoms with van der Waals surface area (Å²) < 4.78 is 16.2. The maximum atomic E-state index is 12.5. The molecule has 0 aliphatic carbocycles. The van der Waals surface area contributed by atoms with Gasteiger partial charge < -0.3 is 18.8 Å². The minimum absolute atomic E-state index is 0.0700. The first-order chi connectivity index (χ1) is 13.1. The normalized spacial score (nSPS) is 13.9. The second-order valence-electron chi connectivity index (χ2n) is 6.10. The average molecular weight is 384 g/mol. The van der Waals surface area contributed by atoms with Crippen LogP contribution in [0, 0.1) is 6.92 Å². The molecule has 0 saturated carbocycles. The Morgan fingerprint density at radius 3 is 2.67 bits per heavy atom. The maximum Gasteiger partial charge on any atom is 0.339 e. The SMILES string of the molecule is Cc1cc(OC2CN(C(=O)c3ccc(Oc4nccs4)cc3)C2)cc(=O)o1. The highest BCUT2D eigenvalue weighted by Gasteiger charge is 2.33. The van der Waals surface area contributed by atoms with Crippen LogP contribution in [-0.4, -0.2) is 35.0 Å². The molecule has 3 heterocycles. The lowest BCUT2D eigenvalue weighted by molar-refractivity contribution is 0.0175. The van der Waals surface area contributed by atoms with Crippen LogP contribution in [0.3, 0.4) is 0 Å². The van der Waals surface area contributed by atoms with Crippen LogP contribution >= 0.6 is 11.3 Å². The Morgan fingerprint density at radius 2 is 2.00 bits per heavy atom. The summed E-state index contributed by atoms with van der Waals surface area (Å²) in [6.07, 6.45) is 1.53. The summed E-state index contributed by atoms with van der Waals surface area (Å²) in [5, 5.41) is 2.39. The second kappa shape index (κ2) is 7.24. The number of thiazole rings is 1. The first-order valence-electron chi connectivity index (χ1n) is 8.32. The van der Waals surface area contributed by atoms with Crippen LogP contribution in [0.4, 0.5) is 0 Å². The van der Waals surface area contributed by atoms with Gasteiger partial charge in [0.25, 0.3) is 11.1 Å². The lowest BCUT2D eigenvalue weighted by Crippen LogP contribution is -2.56. The molecule has 27 heavy (non-hydrogen) atoms. The lowest BCUT2D eigenvalue weighted by Gasteiger charge is -2.39. The van der Waals surface area contributed by atoms with Crippen LogP contribution < -0.4 is 15.1 Å². The molecule has 1 fully saturated rings. The first-order valence-corrected chi connectivity index (χ1v) is 9.20. The van der Waals surface area contributed by atoms with Crippen molar-refractivity contribution in [2.24, 2.45) is 0 Å². The van der Waals surface area contributed by atoms with Gasteiger partial charge in [-0.15, -0.1) is 0 Å². The highest BCUT2D eigenvalue weighted by Crippen LogP contribution is 2.25. The molecule has 0 radical (unpaired) electrons. The number of aromatic nitrogens is 1. The zero-order valence-corrected chi connectivity index (χ0v) is 15.3. The summed E-state index contributed by atoms with van der Waals surface area (Å²) in [5.41, 5.74) is 0.133. The molecular formula is C19H16N2O5S. The van der Waals surface area contributed by atoms with Crippen molar-refractivity contribution in [3.05, 3.63) is 69.7 Å². The molecule has 0 bridgehead atoms. The number of aryl methyl sites for hydroxylation is 1. The summed E-state index contributed by atoms with van der Waals surface area (Å²) in [4.78, 5) is 29.6. The number of carbonyl (C=O) groups is 1. The van der Waals surface area contributed by atoms with Gasteiger partial charge in [-0.2, -0.15) is 0 Å². The smallest absolute Gasteiger partial charge is 0.339 e. The second-order valence-corrected chi connectivity index (χ2v) is 6.95. The summed E-state index contributed by atoms with van der Waals surface area (Å²) in [6, 6.07) is 9.91. The van der Waals surface area contributed by atoms with Crippen molar-refractivity contribution < 1.29 is 18.7 Å². The zero-order chi connectivity index (χ0) is 18.8. The molecule has 0 unspecified atom stereocenters. The molecule has 1 saturated heterocycles. The molecule has 7 nitrogen and oxygen atoms in total. The van der Waals surface area contributed by atoms with E-state index in [1.54, 1.807) is 48.4 Å². The minimum Gasteiger partial charge on any atom is -0.486 e. The van der Waals surface area contributed by atoms with Gasteiger partial charge in [-0.1, -0.05) is 11.3 Å². The molecular weight excluding hydrogens is 368 g/mol. The highest BCUT2D eigenvalue weighted by molar-refractivity contribution is 7.11. The third kappa shape index (κ3) is 4.01. The number of rotatable bonds is 5. The number of nitrogens with zero attached hydrogens (tertiary/aromatic N) is 2. The summed E-state index contributed by atoms with van der Waals surface area (Å²) in [6.45, 7) is 2.62. The van der Waals surface area contributed by atoms with E-state index in [4.69, 9.17) is 13.9 Å². The molecule has 8 heteroatoms. The molecule has 4 rings (SSSR count). The van der Waals surface area contributed by atoms with Crippen LogP contribution in [0.15, 0.2) is 57.2 Å². The number of carbonyl (C=O) groups excluding carboxylic acids is 1. The predicted molar refractivity (Wildman–Crippen MR) is 98.7 cm³/mol. The fourth-order valence-electron chi connectivity index (χ4n) is 2.72. The molecule has 3 aromatic rings. The lowest BCUT2D eigenvalue weighted by atomic mass is 10.1. The summed E-state index contributed by atoms with van der Waals surface area (Å²) >= 11 is 1.40. The average Bonchev–Trinajstić information content (AvgIpc) is 3.10. The van der Waals surface area contributed by atoms with Crippen LogP contribution in [0.25, 0.3) is 0 Å². The molecule has 0 N–H and O–H groups in total. The van der Waals surface area contributed by atoms with Crippen LogP contribution in [0.1, 0.15) is 16.1 Å². The standard InChI is InChI=1S/C19H16N2O5S/c1-12-8-15(9-17(22)24-12)25-16-10-21(11-16)18(23)13-2-4-14(5-3-13)26-19-20-6-7-27-19/h2-9,16H,10-11H2,1H3. The third-order valence-electron chi connectivity index (χ3n) is 4.02. The molecule has 1 aliphatic heterocycles. The Bertz CT molecular complexity index is 992. The van der Waals surface area contributed by atoms with E-state index in [2.05, 4.69) is 4.98 Å². The van der Waals surface area contributed by atoms with E-state index in [9.17, 15) is 9.59 Å². The van der Waals surface area contributed by atoms with E-state index in [1.807, 2.05) is 5.38 Å². The van der Waals surface area contributed by atoms with Crippen molar-refractivity contribution in [2.45, 2.75) is 13.0 Å². The van der Waals surface area contributed by atoms with E-state index in [0.717, 1.165) is 0 Å². The summed E-state index contributed by atoms with van der Waals surface area (Å²) in [7, 11) is 0. The third-order valence-corrected chi connectivity index (χ3v) is 4.67. The van der Waals surface area contributed by atoms with Crippen molar-refractivity contribution in [1.82, 2.24) is 9.88 Å². The minimum atomic E-state index is -0.447. The maximum absolute atomic E-state index is 12.5. The fourth-order valence-corrected chi connectivity index (χ4v) is 3.23. The Hall–Kier alpha value is -3.13. The molecule has 1 aliphatic rings. The van der Waals surface area contributed by atoms with Gasteiger partial charge in [0.05, 0.1) is 19.2 Å². The number of ether oxygens (including phenoxy) is 2. The Kier molecular flexibility index (Phi) is 4.64. The Morgan fingerprint density at radius 1 is 1.22 bits per heavy atom. The van der Waals surface area contributed by atoms with Crippen LogP contribution in [-0.2, 0) is 0 Å². The van der Waals surface area contributed by atoms with Crippen LogP contribution in [0.2, 0.25) is 0 Å². The number of hydrogen-bond donors (Lipinski definition) is 0. The fraction of sp³-hybridized carbons (Fsp3) is 0.211. The van der Waals surface area contributed by atoms with Gasteiger partial charge in [0.2, 0.25) is 0 Å². The van der Waals surface area contributed by atoms with E-state index in [0.29, 0.717) is 41.1 Å². The van der Waals surface area contributed by atoms with Gasteiger partial charge in [-0.3, -0.25) is 4.79 Å². The first kappa shape index (κ1) is 17.3. The quantitative estimate of drug-likeness (QED) is 0.672. The van der Waals surface area contributed by atoms with Gasteiger partial charge in [0, 0.05) is 23.2 Å². The molecule has 1 aromatic carbocycles. The Balaban J connectivity index is 1.32. The largest absolute Gasteiger partial charge is 0.486 e. The molecule has 2 aromatic heterocycles. The van der Waals surface area contributed by atoms with E-state index < -0.39 is 5.63 Å². The van der Waals surface area contributed by atoms with E-state index in [1.165, 1.54) is 17.4 Å². The highest BCUT2D eigenvalue weighted by atomic mass is 32.1. The molecule has 138 valence electrons. The van der Waals surface area contributed by atoms with Crippen molar-refractivity contribution in [1.29, 1.82) is 0 Å². The van der Waals surface area contributed by atoms with Gasteiger partial charge in [0.1, 0.15) is 23.4 Å². The van der Waals surface area contributed by atoms with Gasteiger partial charge in [0.15, 0.2) is 0 Å². The molecule has 0 atom stereocenters. The van der Waals surface area contributed by atoms with Gasteiger partial charge in [-0.25, -0.2) is 9.78 Å². The number of likely N-dealkylation sites (tertiary alicyclic amines) is 1. The number of benzene rings is 1. The zero-order valence-electron chi connectivity index (χ0n) is 14.5. The van der Waals surface area contributed by atoms with Crippen LogP contribution in [0.5, 0.6) is 16.7 Å². The van der Waals surface area contributed by atoms with Crippen molar-refractivity contribution >= 4 is 17.2 Å². The van der Waals surface area contributed by atoms with E-state index in [-0.39, 0.29) is 12.0 Å². The van der Waals surface area contributed by atoms with Gasteiger partial charge in [-0.05, 0) is 31.2 Å². The number of hydrogen-bond acceptors (Lipinski definition) is 7. The number of amides is 1. The molecule has 1 amide bonds. The Labute approximate surface area is 158 Å².